The molecular weight excluding hydrogens is 296 g/mol. The number of methoxy groups -OCH3 is 2. The van der Waals surface area contributed by atoms with Gasteiger partial charge < -0.3 is 18.9 Å². The molecule has 0 spiro atoms. The van der Waals surface area contributed by atoms with Crippen LogP contribution < -0.4 is 9.47 Å². The van der Waals surface area contributed by atoms with E-state index in [2.05, 4.69) is 0 Å². The second-order valence-electron chi connectivity index (χ2n) is 6.69. The lowest BCUT2D eigenvalue weighted by Crippen LogP contribution is -2.39. The Kier molecular flexibility index (Phi) is 4.74. The minimum atomic E-state index is -0.795. The molecule has 5 nitrogen and oxygen atoms in total. The van der Waals surface area contributed by atoms with Crippen molar-refractivity contribution in [3.63, 3.8) is 0 Å². The smallest absolute Gasteiger partial charge is 0.198 e. The van der Waals surface area contributed by atoms with E-state index in [-0.39, 0.29) is 5.78 Å². The van der Waals surface area contributed by atoms with Gasteiger partial charge in [-0.05, 0) is 45.7 Å². The van der Waals surface area contributed by atoms with Crippen molar-refractivity contribution in [1.82, 2.24) is 0 Å². The Bertz CT molecular complexity index is 604. The first-order valence-electron chi connectivity index (χ1n) is 7.82. The third kappa shape index (κ3) is 3.35. The lowest BCUT2D eigenvalue weighted by Gasteiger charge is -2.24. The summed E-state index contributed by atoms with van der Waals surface area (Å²) in [5, 5.41) is 0. The van der Waals surface area contributed by atoms with Crippen molar-refractivity contribution in [1.29, 1.82) is 0 Å². The topological polar surface area (TPSA) is 54.0 Å². The fourth-order valence-corrected chi connectivity index (χ4v) is 3.08. The summed E-state index contributed by atoms with van der Waals surface area (Å²) in [5.41, 5.74) is 0.731. The summed E-state index contributed by atoms with van der Waals surface area (Å²) in [5.74, 6) is 0.254. The molecule has 128 valence electrons. The first-order chi connectivity index (χ1) is 10.6. The predicted molar refractivity (Wildman–Crippen MR) is 87.4 cm³/mol. The SMILES string of the molecule is CCc1cc(C(=O)[C@H]2OC(C)(C)OC2(C)C)c(OC)cc1OC. The minimum Gasteiger partial charge on any atom is -0.496 e. The van der Waals surface area contributed by atoms with Crippen molar-refractivity contribution in [2.75, 3.05) is 14.2 Å². The van der Waals surface area contributed by atoms with Crippen molar-refractivity contribution in [3.05, 3.63) is 23.3 Å². The maximum atomic E-state index is 13.1. The van der Waals surface area contributed by atoms with E-state index in [4.69, 9.17) is 18.9 Å². The van der Waals surface area contributed by atoms with Crippen LogP contribution in [0.15, 0.2) is 12.1 Å². The number of ketones is 1. The van der Waals surface area contributed by atoms with Crippen LogP contribution in [0.25, 0.3) is 0 Å². The Labute approximate surface area is 137 Å². The summed E-state index contributed by atoms with van der Waals surface area (Å²) in [4.78, 5) is 13.1. The lowest BCUT2D eigenvalue weighted by molar-refractivity contribution is -0.155. The molecule has 1 aliphatic heterocycles. The van der Waals surface area contributed by atoms with Crippen molar-refractivity contribution < 1.29 is 23.7 Å². The fourth-order valence-electron chi connectivity index (χ4n) is 3.08. The number of carbonyl (C=O) groups excluding carboxylic acids is 1. The fraction of sp³-hybridized carbons (Fsp3) is 0.611. The molecule has 2 rings (SSSR count). The largest absolute Gasteiger partial charge is 0.496 e. The van der Waals surface area contributed by atoms with Crippen LogP contribution in [0.3, 0.4) is 0 Å². The molecule has 0 N–H and O–H groups in total. The predicted octanol–water partition coefficient (Wildman–Crippen LogP) is 3.38. The van der Waals surface area contributed by atoms with Gasteiger partial charge in [0.2, 0.25) is 0 Å². The van der Waals surface area contributed by atoms with Crippen LogP contribution in [0.2, 0.25) is 0 Å². The van der Waals surface area contributed by atoms with Crippen molar-refractivity contribution >= 4 is 5.78 Å². The van der Waals surface area contributed by atoms with Gasteiger partial charge in [0, 0.05) is 6.07 Å². The zero-order valence-corrected chi connectivity index (χ0v) is 15.0. The number of carbonyl (C=O) groups is 1. The van der Waals surface area contributed by atoms with Crippen LogP contribution >= 0.6 is 0 Å². The Morgan fingerprint density at radius 1 is 1.13 bits per heavy atom. The van der Waals surface area contributed by atoms with Gasteiger partial charge >= 0.3 is 0 Å². The van der Waals surface area contributed by atoms with Crippen LogP contribution in [0, 0.1) is 0 Å². The number of Topliss-reactive ketones (excluding diaryl/α,β-unsaturated/α-hetero) is 1. The Morgan fingerprint density at radius 3 is 2.17 bits per heavy atom. The number of hydrogen-bond donors (Lipinski definition) is 0. The monoisotopic (exact) mass is 322 g/mol. The summed E-state index contributed by atoms with van der Waals surface area (Å²) >= 11 is 0. The molecule has 0 bridgehead atoms. The Hall–Kier alpha value is -1.59. The third-order valence-electron chi connectivity index (χ3n) is 4.03. The summed E-state index contributed by atoms with van der Waals surface area (Å²) in [7, 11) is 3.15. The first kappa shape index (κ1) is 17.8. The van der Waals surface area contributed by atoms with Crippen LogP contribution in [0.5, 0.6) is 11.5 Å². The van der Waals surface area contributed by atoms with Gasteiger partial charge in [-0.15, -0.1) is 0 Å². The van der Waals surface area contributed by atoms with Gasteiger partial charge in [-0.1, -0.05) is 6.92 Å². The zero-order valence-electron chi connectivity index (χ0n) is 15.0. The number of rotatable bonds is 5. The second-order valence-corrected chi connectivity index (χ2v) is 6.69. The maximum Gasteiger partial charge on any atom is 0.198 e. The molecule has 0 saturated carbocycles. The molecule has 23 heavy (non-hydrogen) atoms. The summed E-state index contributed by atoms with van der Waals surface area (Å²) in [6.45, 7) is 9.36. The van der Waals surface area contributed by atoms with E-state index in [9.17, 15) is 4.79 Å². The van der Waals surface area contributed by atoms with Gasteiger partial charge in [-0.2, -0.15) is 0 Å². The molecule has 1 atom stereocenters. The zero-order chi connectivity index (χ0) is 17.4. The molecule has 0 aromatic heterocycles. The first-order valence-corrected chi connectivity index (χ1v) is 7.82. The molecule has 0 aliphatic carbocycles. The van der Waals surface area contributed by atoms with Gasteiger partial charge in [0.05, 0.1) is 25.4 Å². The van der Waals surface area contributed by atoms with Crippen LogP contribution in [-0.2, 0) is 15.9 Å². The summed E-state index contributed by atoms with van der Waals surface area (Å²) in [6, 6.07) is 3.57. The van der Waals surface area contributed by atoms with Crippen LogP contribution in [0.4, 0.5) is 0 Å². The molecule has 0 unspecified atom stereocenters. The molecule has 0 radical (unpaired) electrons. The molecule has 1 aromatic rings. The Morgan fingerprint density at radius 2 is 1.74 bits per heavy atom. The van der Waals surface area contributed by atoms with Gasteiger partial charge in [-0.25, -0.2) is 0 Å². The number of hydrogen-bond acceptors (Lipinski definition) is 5. The highest BCUT2D eigenvalue weighted by molar-refractivity contribution is 6.03. The average molecular weight is 322 g/mol. The van der Waals surface area contributed by atoms with E-state index in [1.165, 1.54) is 7.11 Å². The average Bonchev–Trinajstić information content (AvgIpc) is 2.72. The van der Waals surface area contributed by atoms with E-state index in [1.807, 2.05) is 40.7 Å². The van der Waals surface area contributed by atoms with Crippen LogP contribution in [-0.4, -0.2) is 37.5 Å². The maximum absolute atomic E-state index is 13.1. The molecule has 1 aliphatic rings. The third-order valence-corrected chi connectivity index (χ3v) is 4.03. The number of aryl methyl sites for hydroxylation is 1. The van der Waals surface area contributed by atoms with Crippen molar-refractivity contribution in [2.24, 2.45) is 0 Å². The minimum absolute atomic E-state index is 0.144. The highest BCUT2D eigenvalue weighted by Crippen LogP contribution is 2.39. The van der Waals surface area contributed by atoms with E-state index in [1.54, 1.807) is 13.2 Å². The van der Waals surface area contributed by atoms with E-state index in [0.29, 0.717) is 17.1 Å². The second kappa shape index (κ2) is 6.13. The van der Waals surface area contributed by atoms with Gasteiger partial charge in [0.25, 0.3) is 0 Å². The molecule has 1 saturated heterocycles. The highest BCUT2D eigenvalue weighted by atomic mass is 16.8. The summed E-state index contributed by atoms with van der Waals surface area (Å²) in [6.07, 6.45) is 0.0640. The van der Waals surface area contributed by atoms with Gasteiger partial charge in [0.15, 0.2) is 17.7 Å². The highest BCUT2D eigenvalue weighted by Gasteiger charge is 2.51. The van der Waals surface area contributed by atoms with Gasteiger partial charge in [-0.3, -0.25) is 4.79 Å². The lowest BCUT2D eigenvalue weighted by atomic mass is 9.92. The van der Waals surface area contributed by atoms with E-state index >= 15 is 0 Å². The number of ether oxygens (including phenoxy) is 4. The van der Waals surface area contributed by atoms with Crippen molar-refractivity contribution in [2.45, 2.75) is 58.5 Å². The molecule has 1 aromatic carbocycles. The van der Waals surface area contributed by atoms with E-state index < -0.39 is 17.5 Å². The standard InChI is InChI=1S/C18H26O5/c1-8-11-9-12(14(21-7)10-13(11)20-6)15(19)16-17(2,3)23-18(4,5)22-16/h9-10,16H,8H2,1-7H3/t16-/m1/s1. The quantitative estimate of drug-likeness (QED) is 0.778. The van der Waals surface area contributed by atoms with Crippen LogP contribution in [0.1, 0.15) is 50.5 Å². The molecular formula is C18H26O5. The number of benzene rings is 1. The molecule has 1 heterocycles. The Balaban J connectivity index is 2.47. The summed E-state index contributed by atoms with van der Waals surface area (Å²) < 4.78 is 22.5. The van der Waals surface area contributed by atoms with Crippen molar-refractivity contribution in [3.8, 4) is 11.5 Å². The normalized spacial score (nSPS) is 22.0. The van der Waals surface area contributed by atoms with E-state index in [0.717, 1.165) is 12.0 Å². The molecule has 5 heteroatoms. The van der Waals surface area contributed by atoms with Gasteiger partial charge in [0.1, 0.15) is 11.5 Å². The molecule has 1 fully saturated rings. The molecule has 0 amide bonds.